The Morgan fingerprint density at radius 3 is 2.39 bits per heavy atom. The summed E-state index contributed by atoms with van der Waals surface area (Å²) in [5.74, 6) is -0.196. The number of aryl methyl sites for hydroxylation is 2. The number of anilines is 1. The second-order valence-corrected chi connectivity index (χ2v) is 5.81. The Kier molecular flexibility index (Phi) is 4.02. The maximum atomic E-state index is 12.0. The molecule has 0 spiro atoms. The molecule has 0 aromatic heterocycles. The van der Waals surface area contributed by atoms with Crippen LogP contribution >= 0.6 is 0 Å². The largest absolute Gasteiger partial charge is 0.505 e. The SMILES string of the molecule is Cc1cc(C)c(O)c(NC(=O)[C@@H](N)C(C)(C)C)c1. The van der Waals surface area contributed by atoms with Gasteiger partial charge in [0.15, 0.2) is 0 Å². The predicted octanol–water partition coefficient (Wildman–Crippen LogP) is 2.32. The maximum Gasteiger partial charge on any atom is 0.241 e. The normalized spacial score (nSPS) is 13.2. The molecule has 18 heavy (non-hydrogen) atoms. The summed E-state index contributed by atoms with van der Waals surface area (Å²) in [5.41, 5.74) is 7.68. The molecule has 0 aliphatic rings. The summed E-state index contributed by atoms with van der Waals surface area (Å²) in [6.45, 7) is 9.41. The van der Waals surface area contributed by atoms with E-state index < -0.39 is 6.04 Å². The zero-order valence-electron chi connectivity index (χ0n) is 11.7. The summed E-state index contributed by atoms with van der Waals surface area (Å²) in [6.07, 6.45) is 0. The van der Waals surface area contributed by atoms with Crippen molar-refractivity contribution in [3.63, 3.8) is 0 Å². The number of hydrogen-bond acceptors (Lipinski definition) is 3. The van der Waals surface area contributed by atoms with Crippen LogP contribution in [0.1, 0.15) is 31.9 Å². The van der Waals surface area contributed by atoms with Gasteiger partial charge in [-0.25, -0.2) is 0 Å². The van der Waals surface area contributed by atoms with Crippen molar-refractivity contribution in [3.05, 3.63) is 23.3 Å². The van der Waals surface area contributed by atoms with E-state index in [0.717, 1.165) is 11.1 Å². The summed E-state index contributed by atoms with van der Waals surface area (Å²) >= 11 is 0. The van der Waals surface area contributed by atoms with E-state index in [0.29, 0.717) is 5.69 Å². The second kappa shape index (κ2) is 4.98. The van der Waals surface area contributed by atoms with Crippen molar-refractivity contribution in [2.45, 2.75) is 40.7 Å². The third-order valence-corrected chi connectivity index (χ3v) is 2.92. The lowest BCUT2D eigenvalue weighted by atomic mass is 9.87. The highest BCUT2D eigenvalue weighted by Crippen LogP contribution is 2.29. The first-order chi connectivity index (χ1) is 8.12. The highest BCUT2D eigenvalue weighted by molar-refractivity contribution is 5.96. The molecule has 0 aliphatic carbocycles. The number of amides is 1. The maximum absolute atomic E-state index is 12.0. The zero-order chi connectivity index (χ0) is 14.1. The van der Waals surface area contributed by atoms with Gasteiger partial charge in [-0.15, -0.1) is 0 Å². The standard InChI is InChI=1S/C14H22N2O2/c1-8-6-9(2)11(17)10(7-8)16-13(18)12(15)14(3,4)5/h6-7,12,17H,15H2,1-5H3,(H,16,18)/t12-/m1/s1. The minimum Gasteiger partial charge on any atom is -0.505 e. The van der Waals surface area contributed by atoms with Crippen molar-refractivity contribution in [2.24, 2.45) is 11.1 Å². The minimum absolute atomic E-state index is 0.0926. The number of nitrogens with one attached hydrogen (secondary N) is 1. The molecular formula is C14H22N2O2. The number of carbonyl (C=O) groups excluding carboxylic acids is 1. The summed E-state index contributed by atoms with van der Waals surface area (Å²) in [4.78, 5) is 12.0. The molecule has 4 N–H and O–H groups in total. The third kappa shape index (κ3) is 3.23. The molecule has 0 saturated carbocycles. The Hall–Kier alpha value is -1.55. The van der Waals surface area contributed by atoms with Crippen LogP contribution in [0.15, 0.2) is 12.1 Å². The fraction of sp³-hybridized carbons (Fsp3) is 0.500. The Balaban J connectivity index is 2.96. The molecule has 0 saturated heterocycles. The lowest BCUT2D eigenvalue weighted by Gasteiger charge is -2.26. The molecule has 1 aromatic carbocycles. The average molecular weight is 250 g/mol. The van der Waals surface area contributed by atoms with E-state index in [2.05, 4.69) is 5.32 Å². The molecule has 0 radical (unpaired) electrons. The number of aromatic hydroxyl groups is 1. The topological polar surface area (TPSA) is 75.3 Å². The highest BCUT2D eigenvalue weighted by atomic mass is 16.3. The summed E-state index contributed by atoms with van der Waals surface area (Å²) in [7, 11) is 0. The molecule has 0 heterocycles. The number of benzene rings is 1. The molecule has 1 rings (SSSR count). The molecule has 0 bridgehead atoms. The first-order valence-electron chi connectivity index (χ1n) is 5.99. The van der Waals surface area contributed by atoms with Crippen molar-refractivity contribution in [3.8, 4) is 5.75 Å². The fourth-order valence-corrected chi connectivity index (χ4v) is 1.66. The quantitative estimate of drug-likeness (QED) is 0.705. The highest BCUT2D eigenvalue weighted by Gasteiger charge is 2.28. The van der Waals surface area contributed by atoms with Gasteiger partial charge in [0.05, 0.1) is 11.7 Å². The van der Waals surface area contributed by atoms with Crippen LogP contribution in [0.2, 0.25) is 0 Å². The summed E-state index contributed by atoms with van der Waals surface area (Å²) in [6, 6.07) is 2.96. The number of phenolic OH excluding ortho intramolecular Hbond substituents is 1. The van der Waals surface area contributed by atoms with Gasteiger partial charge in [-0.1, -0.05) is 26.8 Å². The number of rotatable bonds is 2. The zero-order valence-corrected chi connectivity index (χ0v) is 11.7. The summed E-state index contributed by atoms with van der Waals surface area (Å²) < 4.78 is 0. The van der Waals surface area contributed by atoms with E-state index in [1.54, 1.807) is 13.0 Å². The van der Waals surface area contributed by atoms with Crippen LogP contribution < -0.4 is 11.1 Å². The molecule has 1 atom stereocenters. The van der Waals surface area contributed by atoms with E-state index in [-0.39, 0.29) is 17.1 Å². The van der Waals surface area contributed by atoms with Crippen LogP contribution in [0.5, 0.6) is 5.75 Å². The molecule has 4 nitrogen and oxygen atoms in total. The van der Waals surface area contributed by atoms with E-state index in [1.807, 2.05) is 33.8 Å². The molecule has 4 heteroatoms. The van der Waals surface area contributed by atoms with Gasteiger partial charge in [0, 0.05) is 0 Å². The number of carbonyl (C=O) groups is 1. The van der Waals surface area contributed by atoms with E-state index in [1.165, 1.54) is 0 Å². The van der Waals surface area contributed by atoms with Crippen molar-refractivity contribution >= 4 is 11.6 Å². The van der Waals surface area contributed by atoms with Gasteiger partial charge in [-0.3, -0.25) is 4.79 Å². The predicted molar refractivity (Wildman–Crippen MR) is 73.6 cm³/mol. The van der Waals surface area contributed by atoms with Crippen molar-refractivity contribution in [1.82, 2.24) is 0 Å². The number of nitrogens with two attached hydrogens (primary N) is 1. The summed E-state index contributed by atoms with van der Waals surface area (Å²) in [5, 5.41) is 12.6. The van der Waals surface area contributed by atoms with Crippen LogP contribution in [0.3, 0.4) is 0 Å². The van der Waals surface area contributed by atoms with Crippen LogP contribution in [0, 0.1) is 19.3 Å². The van der Waals surface area contributed by atoms with Gasteiger partial charge < -0.3 is 16.2 Å². The molecule has 1 aromatic rings. The third-order valence-electron chi connectivity index (χ3n) is 2.92. The molecule has 0 aliphatic heterocycles. The Labute approximate surface area is 108 Å². The lowest BCUT2D eigenvalue weighted by Crippen LogP contribution is -2.45. The Morgan fingerprint density at radius 1 is 1.33 bits per heavy atom. The first-order valence-corrected chi connectivity index (χ1v) is 5.99. The van der Waals surface area contributed by atoms with Gasteiger partial charge in [0.1, 0.15) is 5.75 Å². The average Bonchev–Trinajstić information content (AvgIpc) is 2.22. The van der Waals surface area contributed by atoms with Gasteiger partial charge in [-0.05, 0) is 36.5 Å². The molecule has 0 fully saturated rings. The van der Waals surface area contributed by atoms with Gasteiger partial charge >= 0.3 is 0 Å². The van der Waals surface area contributed by atoms with Gasteiger partial charge in [-0.2, -0.15) is 0 Å². The monoisotopic (exact) mass is 250 g/mol. The van der Waals surface area contributed by atoms with Crippen LogP contribution in [-0.2, 0) is 4.79 Å². The Bertz CT molecular complexity index is 462. The van der Waals surface area contributed by atoms with Crippen molar-refractivity contribution in [2.75, 3.05) is 5.32 Å². The fourth-order valence-electron chi connectivity index (χ4n) is 1.66. The molecular weight excluding hydrogens is 228 g/mol. The number of hydrogen-bond donors (Lipinski definition) is 3. The van der Waals surface area contributed by atoms with Crippen molar-refractivity contribution in [1.29, 1.82) is 0 Å². The van der Waals surface area contributed by atoms with Crippen LogP contribution in [0.25, 0.3) is 0 Å². The van der Waals surface area contributed by atoms with Gasteiger partial charge in [0.25, 0.3) is 0 Å². The molecule has 100 valence electrons. The van der Waals surface area contributed by atoms with Crippen LogP contribution in [0.4, 0.5) is 5.69 Å². The van der Waals surface area contributed by atoms with E-state index in [9.17, 15) is 9.90 Å². The van der Waals surface area contributed by atoms with E-state index in [4.69, 9.17) is 5.73 Å². The number of phenols is 1. The van der Waals surface area contributed by atoms with Crippen LogP contribution in [-0.4, -0.2) is 17.1 Å². The first kappa shape index (κ1) is 14.5. The minimum atomic E-state index is -0.627. The van der Waals surface area contributed by atoms with Gasteiger partial charge in [0.2, 0.25) is 5.91 Å². The molecule has 0 unspecified atom stereocenters. The smallest absolute Gasteiger partial charge is 0.241 e. The van der Waals surface area contributed by atoms with E-state index >= 15 is 0 Å². The lowest BCUT2D eigenvalue weighted by molar-refractivity contribution is -0.119. The molecule has 1 amide bonds. The van der Waals surface area contributed by atoms with Crippen molar-refractivity contribution < 1.29 is 9.90 Å². The Morgan fingerprint density at radius 2 is 1.89 bits per heavy atom. The second-order valence-electron chi connectivity index (χ2n) is 5.81.